The van der Waals surface area contributed by atoms with E-state index < -0.39 is 10.0 Å². The van der Waals surface area contributed by atoms with Crippen LogP contribution in [0.3, 0.4) is 0 Å². The Morgan fingerprint density at radius 2 is 1.79 bits per heavy atom. The number of ether oxygens (including phenoxy) is 2. The zero-order valence-electron chi connectivity index (χ0n) is 15.7. The van der Waals surface area contributed by atoms with Crippen LogP contribution in [0.4, 0.5) is 5.69 Å². The van der Waals surface area contributed by atoms with Gasteiger partial charge in [-0.1, -0.05) is 6.07 Å². The van der Waals surface area contributed by atoms with Gasteiger partial charge in [-0.2, -0.15) is 0 Å². The number of amides is 2. The molecule has 2 aromatic rings. The van der Waals surface area contributed by atoms with E-state index in [1.807, 2.05) is 0 Å². The minimum Gasteiger partial charge on any atom is -0.486 e. The van der Waals surface area contributed by atoms with E-state index in [1.54, 1.807) is 18.2 Å². The van der Waals surface area contributed by atoms with Gasteiger partial charge >= 0.3 is 0 Å². The molecule has 0 fully saturated rings. The molecular weight excluding hydrogens is 398 g/mol. The molecule has 0 radical (unpaired) electrons. The fraction of sp³-hybridized carbons (Fsp3) is 0.263. The third-order valence-electron chi connectivity index (χ3n) is 4.10. The van der Waals surface area contributed by atoms with Crippen LogP contribution in [0, 0.1) is 0 Å². The fourth-order valence-corrected chi connectivity index (χ4v) is 3.73. The van der Waals surface area contributed by atoms with E-state index in [-0.39, 0.29) is 29.7 Å². The molecule has 1 aliphatic rings. The Morgan fingerprint density at radius 1 is 1.03 bits per heavy atom. The quantitative estimate of drug-likeness (QED) is 0.618. The van der Waals surface area contributed by atoms with E-state index in [2.05, 4.69) is 15.4 Å². The highest BCUT2D eigenvalue weighted by Gasteiger charge is 2.19. The Kier molecular flexibility index (Phi) is 6.35. The summed E-state index contributed by atoms with van der Waals surface area (Å²) < 4.78 is 38.0. The summed E-state index contributed by atoms with van der Waals surface area (Å²) in [6.07, 6.45) is -0.0754. The van der Waals surface area contributed by atoms with E-state index in [9.17, 15) is 18.0 Å². The molecule has 29 heavy (non-hydrogen) atoms. The highest BCUT2D eigenvalue weighted by Crippen LogP contribution is 2.32. The smallest absolute Gasteiger partial charge is 0.251 e. The monoisotopic (exact) mass is 419 g/mol. The summed E-state index contributed by atoms with van der Waals surface area (Å²) in [5, 5.41) is 5.14. The second-order valence-electron chi connectivity index (χ2n) is 6.16. The van der Waals surface area contributed by atoms with Gasteiger partial charge in [-0.25, -0.2) is 13.1 Å². The standard InChI is InChI=1S/C19H21N3O6S/c1-20-19(24)13-3-2-4-14(11-13)22-18(23)7-8-21-29(25,26)15-5-6-16-17(12-15)28-10-9-27-16/h2-6,11-12,21H,7-10H2,1H3,(H,20,24)(H,22,23). The van der Waals surface area contributed by atoms with Crippen LogP contribution in [0.5, 0.6) is 11.5 Å². The van der Waals surface area contributed by atoms with Crippen molar-refractivity contribution in [2.45, 2.75) is 11.3 Å². The lowest BCUT2D eigenvalue weighted by Crippen LogP contribution is -2.28. The molecule has 9 nitrogen and oxygen atoms in total. The molecule has 0 aliphatic carbocycles. The van der Waals surface area contributed by atoms with Crippen LogP contribution >= 0.6 is 0 Å². The number of anilines is 1. The normalized spacial score (nSPS) is 12.9. The molecule has 0 bridgehead atoms. The molecule has 0 unspecified atom stereocenters. The number of carbonyl (C=O) groups excluding carboxylic acids is 2. The predicted molar refractivity (Wildman–Crippen MR) is 106 cm³/mol. The lowest BCUT2D eigenvalue weighted by Gasteiger charge is -2.18. The van der Waals surface area contributed by atoms with Crippen LogP contribution in [0.25, 0.3) is 0 Å². The van der Waals surface area contributed by atoms with Crippen LogP contribution in [0.1, 0.15) is 16.8 Å². The first-order chi connectivity index (χ1) is 13.9. The Bertz CT molecular complexity index is 1020. The SMILES string of the molecule is CNC(=O)c1cccc(NC(=O)CCNS(=O)(=O)c2ccc3c(c2)OCCO3)c1. The lowest BCUT2D eigenvalue weighted by atomic mass is 10.2. The first kappa shape index (κ1) is 20.6. The largest absolute Gasteiger partial charge is 0.486 e. The van der Waals surface area contributed by atoms with Gasteiger partial charge in [-0.15, -0.1) is 0 Å². The van der Waals surface area contributed by atoms with Crippen LogP contribution in [0.2, 0.25) is 0 Å². The summed E-state index contributed by atoms with van der Waals surface area (Å²) in [6.45, 7) is 0.682. The summed E-state index contributed by atoms with van der Waals surface area (Å²) >= 11 is 0. The van der Waals surface area contributed by atoms with Crippen LogP contribution < -0.4 is 24.8 Å². The van der Waals surface area contributed by atoms with E-state index in [1.165, 1.54) is 31.3 Å². The molecule has 2 aromatic carbocycles. The van der Waals surface area contributed by atoms with Crippen LogP contribution in [-0.2, 0) is 14.8 Å². The van der Waals surface area contributed by atoms with Crippen molar-refractivity contribution in [3.8, 4) is 11.5 Å². The van der Waals surface area contributed by atoms with Crippen molar-refractivity contribution in [2.24, 2.45) is 0 Å². The van der Waals surface area contributed by atoms with Gasteiger partial charge in [-0.3, -0.25) is 9.59 Å². The van der Waals surface area contributed by atoms with E-state index in [4.69, 9.17) is 9.47 Å². The van der Waals surface area contributed by atoms with Gasteiger partial charge in [0.15, 0.2) is 11.5 Å². The molecule has 1 heterocycles. The van der Waals surface area contributed by atoms with Crippen LogP contribution in [0.15, 0.2) is 47.4 Å². The maximum absolute atomic E-state index is 12.4. The first-order valence-corrected chi connectivity index (χ1v) is 10.4. The molecule has 0 spiro atoms. The van der Waals surface area contributed by atoms with Gasteiger partial charge in [0.1, 0.15) is 13.2 Å². The maximum Gasteiger partial charge on any atom is 0.251 e. The number of hydrogen-bond acceptors (Lipinski definition) is 6. The van der Waals surface area contributed by atoms with Gasteiger partial charge in [-0.05, 0) is 30.3 Å². The minimum absolute atomic E-state index is 0.0282. The molecule has 1 aliphatic heterocycles. The highest BCUT2D eigenvalue weighted by molar-refractivity contribution is 7.89. The van der Waals surface area contributed by atoms with Crippen molar-refractivity contribution < 1.29 is 27.5 Å². The summed E-state index contributed by atoms with van der Waals surface area (Å²) in [7, 11) is -2.29. The molecular formula is C19H21N3O6S. The van der Waals surface area contributed by atoms with E-state index in [0.29, 0.717) is 36.0 Å². The highest BCUT2D eigenvalue weighted by atomic mass is 32.2. The third-order valence-corrected chi connectivity index (χ3v) is 5.56. The molecule has 3 rings (SSSR count). The second-order valence-corrected chi connectivity index (χ2v) is 7.93. The number of hydrogen-bond donors (Lipinski definition) is 3. The number of sulfonamides is 1. The van der Waals surface area contributed by atoms with Gasteiger partial charge < -0.3 is 20.1 Å². The Labute approximate surface area is 168 Å². The molecule has 10 heteroatoms. The predicted octanol–water partition coefficient (Wildman–Crippen LogP) is 1.12. The molecule has 0 aromatic heterocycles. The average Bonchev–Trinajstić information content (AvgIpc) is 2.72. The zero-order valence-corrected chi connectivity index (χ0v) is 16.5. The summed E-state index contributed by atoms with van der Waals surface area (Å²) in [5.74, 6) is 0.207. The maximum atomic E-state index is 12.4. The van der Waals surface area contributed by atoms with E-state index >= 15 is 0 Å². The molecule has 3 N–H and O–H groups in total. The number of fused-ring (bicyclic) bond motifs is 1. The van der Waals surface area contributed by atoms with Crippen molar-refractivity contribution in [1.29, 1.82) is 0 Å². The first-order valence-electron chi connectivity index (χ1n) is 8.90. The number of rotatable bonds is 7. The van der Waals surface area contributed by atoms with Gasteiger partial charge in [0.25, 0.3) is 5.91 Å². The minimum atomic E-state index is -3.80. The molecule has 0 saturated heterocycles. The average molecular weight is 419 g/mol. The Hall–Kier alpha value is -3.11. The fourth-order valence-electron chi connectivity index (χ4n) is 2.68. The number of nitrogens with one attached hydrogen (secondary N) is 3. The molecule has 0 atom stereocenters. The van der Waals surface area contributed by atoms with Gasteiger partial charge in [0.2, 0.25) is 15.9 Å². The van der Waals surface area contributed by atoms with Crippen molar-refractivity contribution in [2.75, 3.05) is 32.1 Å². The van der Waals surface area contributed by atoms with Gasteiger partial charge in [0.05, 0.1) is 4.90 Å². The number of benzene rings is 2. The lowest BCUT2D eigenvalue weighted by molar-refractivity contribution is -0.116. The molecule has 0 saturated carbocycles. The van der Waals surface area contributed by atoms with Crippen molar-refractivity contribution >= 4 is 27.5 Å². The second kappa shape index (κ2) is 8.93. The van der Waals surface area contributed by atoms with Crippen molar-refractivity contribution in [3.05, 3.63) is 48.0 Å². The van der Waals surface area contributed by atoms with Gasteiger partial charge in [0, 0.05) is 37.3 Å². The topological polar surface area (TPSA) is 123 Å². The van der Waals surface area contributed by atoms with Crippen molar-refractivity contribution in [1.82, 2.24) is 10.0 Å². The summed E-state index contributed by atoms with van der Waals surface area (Å²) in [4.78, 5) is 23.8. The van der Waals surface area contributed by atoms with Crippen LogP contribution in [-0.4, -0.2) is 47.0 Å². The molecule has 2 amide bonds. The van der Waals surface area contributed by atoms with E-state index in [0.717, 1.165) is 0 Å². The number of carbonyl (C=O) groups is 2. The summed E-state index contributed by atoms with van der Waals surface area (Å²) in [5.41, 5.74) is 0.857. The third kappa shape index (κ3) is 5.24. The summed E-state index contributed by atoms with van der Waals surface area (Å²) in [6, 6.07) is 10.8. The Morgan fingerprint density at radius 3 is 2.55 bits per heavy atom. The Balaban J connectivity index is 1.55. The van der Waals surface area contributed by atoms with Crippen molar-refractivity contribution in [3.63, 3.8) is 0 Å². The molecule has 154 valence electrons. The zero-order chi connectivity index (χ0) is 20.9.